The van der Waals surface area contributed by atoms with Gasteiger partial charge in [-0.1, -0.05) is 12.1 Å². The third-order valence-corrected chi connectivity index (χ3v) is 6.62. The van der Waals surface area contributed by atoms with Crippen molar-refractivity contribution < 1.29 is 4.79 Å². The molecule has 0 saturated carbocycles. The fourth-order valence-electron chi connectivity index (χ4n) is 2.66. The third kappa shape index (κ3) is 2.78. The van der Waals surface area contributed by atoms with E-state index in [-0.39, 0.29) is 11.9 Å². The highest BCUT2D eigenvalue weighted by Gasteiger charge is 2.35. The van der Waals surface area contributed by atoms with Crippen molar-refractivity contribution >= 4 is 45.6 Å². The van der Waals surface area contributed by atoms with Gasteiger partial charge in [-0.25, -0.2) is 5.01 Å². The van der Waals surface area contributed by atoms with Crippen molar-refractivity contribution in [2.75, 3.05) is 0 Å². The minimum absolute atomic E-state index is 0.000370. The van der Waals surface area contributed by atoms with Crippen molar-refractivity contribution in [3.05, 3.63) is 66.7 Å². The third-order valence-electron chi connectivity index (χ3n) is 3.75. The van der Waals surface area contributed by atoms with E-state index in [2.05, 4.69) is 30.2 Å². The van der Waals surface area contributed by atoms with E-state index < -0.39 is 0 Å². The van der Waals surface area contributed by atoms with Crippen molar-refractivity contribution in [1.82, 2.24) is 5.01 Å². The Morgan fingerprint density at radius 1 is 1.17 bits per heavy atom. The number of aryl methyl sites for hydroxylation is 1. The number of rotatable bonds is 3. The van der Waals surface area contributed by atoms with Gasteiger partial charge in [0.15, 0.2) is 0 Å². The summed E-state index contributed by atoms with van der Waals surface area (Å²) in [6, 6.07) is 12.1. The first kappa shape index (κ1) is 14.8. The highest BCUT2D eigenvalue weighted by molar-refractivity contribution is 7.13. The van der Waals surface area contributed by atoms with Crippen LogP contribution in [0.15, 0.2) is 52.3 Å². The first-order valence-corrected chi connectivity index (χ1v) is 9.85. The molecule has 1 atom stereocenters. The van der Waals surface area contributed by atoms with Crippen LogP contribution in [0.25, 0.3) is 0 Å². The molecule has 0 aliphatic carbocycles. The molecule has 1 amide bonds. The molecule has 0 N–H and O–H groups in total. The molecule has 3 aromatic rings. The highest BCUT2D eigenvalue weighted by atomic mass is 32.1. The van der Waals surface area contributed by atoms with Crippen LogP contribution in [0.2, 0.25) is 0 Å². The normalized spacial score (nSPS) is 17.5. The van der Waals surface area contributed by atoms with Crippen LogP contribution in [-0.4, -0.2) is 16.6 Å². The maximum absolute atomic E-state index is 12.9. The number of hydrazone groups is 1. The summed E-state index contributed by atoms with van der Waals surface area (Å²) in [5.41, 5.74) is 1.00. The fraction of sp³-hybridized carbons (Fsp3) is 0.176. The first-order valence-electron chi connectivity index (χ1n) is 7.27. The maximum Gasteiger partial charge on any atom is 0.284 e. The predicted molar refractivity (Wildman–Crippen MR) is 97.8 cm³/mol. The summed E-state index contributed by atoms with van der Waals surface area (Å²) < 4.78 is 0. The Bertz CT molecular complexity index is 846. The molecule has 4 rings (SSSR count). The summed E-state index contributed by atoms with van der Waals surface area (Å²) in [4.78, 5) is 17.2. The summed E-state index contributed by atoms with van der Waals surface area (Å²) in [7, 11) is 0. The number of amides is 1. The molecular weight excluding hydrogens is 344 g/mol. The lowest BCUT2D eigenvalue weighted by molar-refractivity contribution is 0.0719. The van der Waals surface area contributed by atoms with Crippen LogP contribution in [0, 0.1) is 6.92 Å². The highest BCUT2D eigenvalue weighted by Crippen LogP contribution is 2.38. The molecule has 3 nitrogen and oxygen atoms in total. The number of carbonyl (C=O) groups excluding carboxylic acids is 1. The molecule has 116 valence electrons. The smallest absolute Gasteiger partial charge is 0.266 e. The van der Waals surface area contributed by atoms with Gasteiger partial charge in [-0.15, -0.1) is 34.0 Å². The maximum atomic E-state index is 12.9. The SMILES string of the molecule is Cc1ccc([C@H]2CC(c3cccs3)=NN2C(=O)c2cccs2)s1. The number of carbonyl (C=O) groups is 1. The second kappa shape index (κ2) is 6.03. The van der Waals surface area contributed by atoms with E-state index in [1.54, 1.807) is 27.7 Å². The zero-order valence-electron chi connectivity index (χ0n) is 12.4. The van der Waals surface area contributed by atoms with Gasteiger partial charge in [-0.3, -0.25) is 4.79 Å². The van der Waals surface area contributed by atoms with Crippen LogP contribution in [-0.2, 0) is 0 Å². The summed E-state index contributed by atoms with van der Waals surface area (Å²) in [5.74, 6) is -0.0115. The van der Waals surface area contributed by atoms with Gasteiger partial charge in [-0.2, -0.15) is 5.10 Å². The Balaban J connectivity index is 1.72. The lowest BCUT2D eigenvalue weighted by Crippen LogP contribution is -2.25. The predicted octanol–water partition coefficient (Wildman–Crippen LogP) is 5.17. The van der Waals surface area contributed by atoms with Gasteiger partial charge in [0.2, 0.25) is 0 Å². The van der Waals surface area contributed by atoms with Crippen LogP contribution < -0.4 is 0 Å². The van der Waals surface area contributed by atoms with Gasteiger partial charge in [0.25, 0.3) is 5.91 Å². The van der Waals surface area contributed by atoms with E-state index in [0.29, 0.717) is 0 Å². The molecule has 0 saturated heterocycles. The molecule has 0 bridgehead atoms. The summed E-state index contributed by atoms with van der Waals surface area (Å²) in [6.07, 6.45) is 0.775. The first-order chi connectivity index (χ1) is 11.2. The van der Waals surface area contributed by atoms with E-state index in [0.717, 1.165) is 21.9 Å². The molecular formula is C17H14N2OS3. The summed E-state index contributed by atoms with van der Waals surface area (Å²) >= 11 is 4.88. The molecule has 0 aromatic carbocycles. The van der Waals surface area contributed by atoms with Crippen LogP contribution in [0.1, 0.15) is 36.8 Å². The second-order valence-corrected chi connectivity index (χ2v) is 8.53. The monoisotopic (exact) mass is 358 g/mol. The van der Waals surface area contributed by atoms with Crippen molar-refractivity contribution in [3.8, 4) is 0 Å². The molecule has 0 fully saturated rings. The van der Waals surface area contributed by atoms with E-state index in [1.165, 1.54) is 21.1 Å². The quantitative estimate of drug-likeness (QED) is 0.635. The Morgan fingerprint density at radius 2 is 2.00 bits per heavy atom. The molecule has 4 heterocycles. The molecule has 3 aromatic heterocycles. The van der Waals surface area contributed by atoms with Crippen molar-refractivity contribution in [3.63, 3.8) is 0 Å². The largest absolute Gasteiger partial charge is 0.284 e. The van der Waals surface area contributed by atoms with Crippen LogP contribution in [0.5, 0.6) is 0 Å². The zero-order valence-corrected chi connectivity index (χ0v) is 14.9. The van der Waals surface area contributed by atoms with Gasteiger partial charge in [0.05, 0.1) is 21.5 Å². The number of hydrogen-bond donors (Lipinski definition) is 0. The van der Waals surface area contributed by atoms with Gasteiger partial charge in [-0.05, 0) is 41.9 Å². The molecule has 0 unspecified atom stereocenters. The topological polar surface area (TPSA) is 32.7 Å². The van der Waals surface area contributed by atoms with Crippen molar-refractivity contribution in [1.29, 1.82) is 0 Å². The Labute approximate surface area is 146 Å². The van der Waals surface area contributed by atoms with Crippen molar-refractivity contribution in [2.45, 2.75) is 19.4 Å². The lowest BCUT2D eigenvalue weighted by atomic mass is 10.1. The van der Waals surface area contributed by atoms with E-state index in [9.17, 15) is 4.79 Å². The average molecular weight is 359 g/mol. The molecule has 1 aliphatic rings. The number of hydrogen-bond acceptors (Lipinski definition) is 5. The Morgan fingerprint density at radius 3 is 2.65 bits per heavy atom. The standard InChI is InChI=1S/C17H14N2OS3/c1-11-6-7-15(23-11)13-10-12(14-4-2-8-21-14)18-19(13)17(20)16-5-3-9-22-16/h2-9,13H,10H2,1H3/t13-/m1/s1. The minimum atomic E-state index is -0.0115. The van der Waals surface area contributed by atoms with Crippen molar-refractivity contribution in [2.24, 2.45) is 5.10 Å². The van der Waals surface area contributed by atoms with Gasteiger partial charge in [0, 0.05) is 16.2 Å². The number of thiophene rings is 3. The van der Waals surface area contributed by atoms with E-state index in [4.69, 9.17) is 0 Å². The van der Waals surface area contributed by atoms with Crippen LogP contribution in [0.3, 0.4) is 0 Å². The minimum Gasteiger partial charge on any atom is -0.266 e. The molecule has 1 aliphatic heterocycles. The van der Waals surface area contributed by atoms with Crippen LogP contribution in [0.4, 0.5) is 0 Å². The molecule has 6 heteroatoms. The molecule has 0 spiro atoms. The average Bonchev–Trinajstić information content (AvgIpc) is 3.31. The summed E-state index contributed by atoms with van der Waals surface area (Å²) in [6.45, 7) is 2.09. The second-order valence-electron chi connectivity index (χ2n) is 5.32. The van der Waals surface area contributed by atoms with Gasteiger partial charge >= 0.3 is 0 Å². The van der Waals surface area contributed by atoms with Gasteiger partial charge < -0.3 is 0 Å². The fourth-order valence-corrected chi connectivity index (χ4v) is 5.00. The zero-order chi connectivity index (χ0) is 15.8. The van der Waals surface area contributed by atoms with Crippen LogP contribution >= 0.6 is 34.0 Å². The summed E-state index contributed by atoms with van der Waals surface area (Å²) in [5, 5.41) is 10.3. The number of nitrogens with zero attached hydrogens (tertiary/aromatic N) is 2. The Kier molecular flexibility index (Phi) is 3.88. The Hall–Kier alpha value is -1.76. The lowest BCUT2D eigenvalue weighted by Gasteiger charge is -2.19. The van der Waals surface area contributed by atoms with E-state index >= 15 is 0 Å². The van der Waals surface area contributed by atoms with E-state index in [1.807, 2.05) is 29.0 Å². The molecule has 0 radical (unpaired) electrons. The van der Waals surface area contributed by atoms with Gasteiger partial charge in [0.1, 0.15) is 0 Å². The molecule has 23 heavy (non-hydrogen) atoms.